The van der Waals surface area contributed by atoms with Crippen molar-refractivity contribution in [2.45, 2.75) is 12.8 Å². The fourth-order valence-corrected chi connectivity index (χ4v) is 2.45. The lowest BCUT2D eigenvalue weighted by Crippen LogP contribution is -2.21. The standard InChI is InChI=1S/C14H16BrN3/c15-14-9-13(2-1-12(14)10-16)18-8-5-11-3-6-17-7-4-11/h1-3,9,17-18H,4-8H2. The van der Waals surface area contributed by atoms with E-state index >= 15 is 0 Å². The molecule has 2 N–H and O–H groups in total. The van der Waals surface area contributed by atoms with Gasteiger partial charge in [0.2, 0.25) is 0 Å². The van der Waals surface area contributed by atoms with Crippen LogP contribution in [0.5, 0.6) is 0 Å². The largest absolute Gasteiger partial charge is 0.385 e. The second kappa shape index (κ2) is 6.58. The van der Waals surface area contributed by atoms with Crippen LogP contribution in [0.15, 0.2) is 34.3 Å². The van der Waals surface area contributed by atoms with E-state index in [2.05, 4.69) is 38.7 Å². The molecule has 0 aliphatic carbocycles. The number of rotatable bonds is 4. The molecule has 94 valence electrons. The molecule has 0 unspecified atom stereocenters. The highest BCUT2D eigenvalue weighted by Crippen LogP contribution is 2.21. The van der Waals surface area contributed by atoms with Gasteiger partial charge in [0.1, 0.15) is 6.07 Å². The molecule has 0 bridgehead atoms. The SMILES string of the molecule is N#Cc1ccc(NCCC2=CCNCC2)cc1Br. The predicted molar refractivity (Wildman–Crippen MR) is 77.5 cm³/mol. The minimum absolute atomic E-state index is 0.668. The Bertz CT molecular complexity index is 488. The maximum Gasteiger partial charge on any atom is 0.100 e. The Balaban J connectivity index is 1.85. The third-order valence-corrected chi connectivity index (χ3v) is 3.68. The zero-order chi connectivity index (χ0) is 12.8. The van der Waals surface area contributed by atoms with Crippen molar-refractivity contribution in [2.24, 2.45) is 0 Å². The normalized spacial score (nSPS) is 14.8. The third kappa shape index (κ3) is 3.59. The van der Waals surface area contributed by atoms with Crippen LogP contribution in [0.4, 0.5) is 5.69 Å². The molecule has 3 nitrogen and oxygen atoms in total. The highest BCUT2D eigenvalue weighted by molar-refractivity contribution is 9.10. The molecule has 1 aromatic rings. The van der Waals surface area contributed by atoms with Crippen molar-refractivity contribution < 1.29 is 0 Å². The number of anilines is 1. The molecule has 1 aliphatic heterocycles. The quantitative estimate of drug-likeness (QED) is 0.841. The van der Waals surface area contributed by atoms with E-state index in [0.717, 1.165) is 42.6 Å². The molecule has 1 aromatic carbocycles. The van der Waals surface area contributed by atoms with Crippen LogP contribution in [-0.4, -0.2) is 19.6 Å². The van der Waals surface area contributed by atoms with E-state index in [1.165, 1.54) is 5.57 Å². The van der Waals surface area contributed by atoms with E-state index in [1.54, 1.807) is 0 Å². The summed E-state index contributed by atoms with van der Waals surface area (Å²) in [5.74, 6) is 0. The van der Waals surface area contributed by atoms with Crippen molar-refractivity contribution in [1.29, 1.82) is 5.26 Å². The smallest absolute Gasteiger partial charge is 0.100 e. The zero-order valence-electron chi connectivity index (χ0n) is 10.2. The third-order valence-electron chi connectivity index (χ3n) is 3.02. The van der Waals surface area contributed by atoms with Gasteiger partial charge in [-0.3, -0.25) is 0 Å². The summed E-state index contributed by atoms with van der Waals surface area (Å²) in [4.78, 5) is 0. The molecule has 0 saturated carbocycles. The predicted octanol–water partition coefficient (Wildman–Crippen LogP) is 3.04. The number of halogens is 1. The molecule has 0 spiro atoms. The van der Waals surface area contributed by atoms with Gasteiger partial charge in [-0.15, -0.1) is 0 Å². The molecule has 0 amide bonds. The lowest BCUT2D eigenvalue weighted by Gasteiger charge is -2.14. The molecule has 0 saturated heterocycles. The van der Waals surface area contributed by atoms with Gasteiger partial charge in [0.15, 0.2) is 0 Å². The molecule has 1 heterocycles. The number of nitrogens with zero attached hydrogens (tertiary/aromatic N) is 1. The lowest BCUT2D eigenvalue weighted by atomic mass is 10.1. The van der Waals surface area contributed by atoms with Crippen molar-refractivity contribution >= 4 is 21.6 Å². The summed E-state index contributed by atoms with van der Waals surface area (Å²) in [6, 6.07) is 7.87. The highest BCUT2D eigenvalue weighted by Gasteiger charge is 2.03. The lowest BCUT2D eigenvalue weighted by molar-refractivity contribution is 0.683. The summed E-state index contributed by atoms with van der Waals surface area (Å²) < 4.78 is 0.844. The monoisotopic (exact) mass is 305 g/mol. The van der Waals surface area contributed by atoms with Gasteiger partial charge in [0, 0.05) is 23.2 Å². The molecular formula is C14H16BrN3. The van der Waals surface area contributed by atoms with Crippen LogP contribution >= 0.6 is 15.9 Å². The Morgan fingerprint density at radius 2 is 2.33 bits per heavy atom. The van der Waals surface area contributed by atoms with E-state index in [0.29, 0.717) is 5.56 Å². The molecule has 0 radical (unpaired) electrons. The number of hydrogen-bond donors (Lipinski definition) is 2. The Morgan fingerprint density at radius 1 is 1.44 bits per heavy atom. The second-order valence-electron chi connectivity index (χ2n) is 4.30. The molecule has 18 heavy (non-hydrogen) atoms. The molecule has 0 fully saturated rings. The van der Waals surface area contributed by atoms with Crippen LogP contribution in [0.3, 0.4) is 0 Å². The summed E-state index contributed by atoms with van der Waals surface area (Å²) in [6.07, 6.45) is 4.51. The van der Waals surface area contributed by atoms with E-state index in [9.17, 15) is 0 Å². The van der Waals surface area contributed by atoms with Gasteiger partial charge in [-0.2, -0.15) is 5.26 Å². The van der Waals surface area contributed by atoms with Crippen molar-refractivity contribution in [3.05, 3.63) is 39.9 Å². The van der Waals surface area contributed by atoms with E-state index in [1.807, 2.05) is 18.2 Å². The highest BCUT2D eigenvalue weighted by atomic mass is 79.9. The average Bonchev–Trinajstić information content (AvgIpc) is 2.40. The molecular weight excluding hydrogens is 290 g/mol. The van der Waals surface area contributed by atoms with Crippen molar-refractivity contribution in [3.63, 3.8) is 0 Å². The summed E-state index contributed by atoms with van der Waals surface area (Å²) in [7, 11) is 0. The van der Waals surface area contributed by atoms with Gasteiger partial charge in [-0.25, -0.2) is 0 Å². The second-order valence-corrected chi connectivity index (χ2v) is 5.15. The maximum absolute atomic E-state index is 8.84. The van der Waals surface area contributed by atoms with Gasteiger partial charge >= 0.3 is 0 Å². The van der Waals surface area contributed by atoms with Crippen molar-refractivity contribution in [2.75, 3.05) is 25.0 Å². The van der Waals surface area contributed by atoms with Gasteiger partial charge in [0.25, 0.3) is 0 Å². The Kier molecular flexibility index (Phi) is 4.80. The van der Waals surface area contributed by atoms with Crippen LogP contribution in [0.1, 0.15) is 18.4 Å². The van der Waals surface area contributed by atoms with Crippen LogP contribution in [0.25, 0.3) is 0 Å². The number of nitrogens with one attached hydrogen (secondary N) is 2. The van der Waals surface area contributed by atoms with Gasteiger partial charge < -0.3 is 10.6 Å². The van der Waals surface area contributed by atoms with Gasteiger partial charge in [-0.05, 0) is 53.5 Å². The van der Waals surface area contributed by atoms with E-state index < -0.39 is 0 Å². The summed E-state index contributed by atoms with van der Waals surface area (Å²) >= 11 is 3.39. The Morgan fingerprint density at radius 3 is 3.00 bits per heavy atom. The number of nitriles is 1. The maximum atomic E-state index is 8.84. The first-order valence-electron chi connectivity index (χ1n) is 6.12. The molecule has 0 atom stereocenters. The van der Waals surface area contributed by atoms with Gasteiger partial charge in [0.05, 0.1) is 5.56 Å². The van der Waals surface area contributed by atoms with Crippen LogP contribution in [0, 0.1) is 11.3 Å². The average molecular weight is 306 g/mol. The van der Waals surface area contributed by atoms with E-state index in [-0.39, 0.29) is 0 Å². The minimum Gasteiger partial charge on any atom is -0.385 e. The number of benzene rings is 1. The molecule has 2 rings (SSSR count). The Hall–Kier alpha value is -1.31. The van der Waals surface area contributed by atoms with Crippen molar-refractivity contribution in [3.8, 4) is 6.07 Å². The summed E-state index contributed by atoms with van der Waals surface area (Å²) in [5.41, 5.74) is 3.24. The van der Waals surface area contributed by atoms with Crippen LogP contribution in [0.2, 0.25) is 0 Å². The van der Waals surface area contributed by atoms with Crippen LogP contribution < -0.4 is 10.6 Å². The molecule has 4 heteroatoms. The van der Waals surface area contributed by atoms with Crippen LogP contribution in [-0.2, 0) is 0 Å². The molecule has 0 aromatic heterocycles. The van der Waals surface area contributed by atoms with Crippen molar-refractivity contribution in [1.82, 2.24) is 5.32 Å². The Labute approximate surface area is 116 Å². The first kappa shape index (κ1) is 13.1. The topological polar surface area (TPSA) is 47.9 Å². The minimum atomic E-state index is 0.668. The fourth-order valence-electron chi connectivity index (χ4n) is 1.98. The molecule has 1 aliphatic rings. The first-order valence-corrected chi connectivity index (χ1v) is 6.91. The summed E-state index contributed by atoms with van der Waals surface area (Å²) in [5, 5.41) is 15.5. The van der Waals surface area contributed by atoms with Gasteiger partial charge in [-0.1, -0.05) is 11.6 Å². The zero-order valence-corrected chi connectivity index (χ0v) is 11.8. The summed E-state index contributed by atoms with van der Waals surface area (Å²) in [6.45, 7) is 3.02. The van der Waals surface area contributed by atoms with E-state index in [4.69, 9.17) is 5.26 Å². The number of hydrogen-bond acceptors (Lipinski definition) is 3. The fraction of sp³-hybridized carbons (Fsp3) is 0.357. The first-order chi connectivity index (χ1) is 8.79.